The lowest BCUT2D eigenvalue weighted by Gasteiger charge is -2.40. The molecule has 2 heterocycles. The second-order valence-electron chi connectivity index (χ2n) is 7.90. The highest BCUT2D eigenvalue weighted by atomic mass is 16.3. The van der Waals surface area contributed by atoms with Crippen molar-refractivity contribution in [2.45, 2.75) is 37.8 Å². The molecule has 0 radical (unpaired) electrons. The molecule has 1 aliphatic carbocycles. The zero-order valence-corrected chi connectivity index (χ0v) is 14.6. The first-order valence-corrected chi connectivity index (χ1v) is 9.65. The summed E-state index contributed by atoms with van der Waals surface area (Å²) in [7, 11) is 0. The van der Waals surface area contributed by atoms with E-state index in [1.807, 2.05) is 0 Å². The van der Waals surface area contributed by atoms with Gasteiger partial charge in [-0.1, -0.05) is 42.5 Å². The lowest BCUT2D eigenvalue weighted by molar-refractivity contribution is -0.000860. The third kappa shape index (κ3) is 3.58. The minimum absolute atomic E-state index is 0.107. The highest BCUT2D eigenvalue weighted by molar-refractivity contribution is 5.48. The third-order valence-corrected chi connectivity index (χ3v) is 6.27. The predicted molar refractivity (Wildman–Crippen MR) is 98.7 cm³/mol. The smallest absolute Gasteiger partial charge is 0.0698 e. The topological polar surface area (TPSA) is 26.7 Å². The summed E-state index contributed by atoms with van der Waals surface area (Å²) >= 11 is 0. The molecule has 0 unspecified atom stereocenters. The van der Waals surface area contributed by atoms with Gasteiger partial charge in [0.25, 0.3) is 0 Å². The summed E-state index contributed by atoms with van der Waals surface area (Å²) in [6.07, 6.45) is 9.24. The molecule has 24 heavy (non-hydrogen) atoms. The summed E-state index contributed by atoms with van der Waals surface area (Å²) in [5, 5.41) is 10.6. The molecule has 3 fully saturated rings. The first-order valence-electron chi connectivity index (χ1n) is 9.65. The Morgan fingerprint density at radius 2 is 1.71 bits per heavy atom. The van der Waals surface area contributed by atoms with Crippen LogP contribution in [0.15, 0.2) is 36.4 Å². The normalized spacial score (nSPS) is 34.9. The summed E-state index contributed by atoms with van der Waals surface area (Å²) < 4.78 is 0. The average Bonchev–Trinajstić information content (AvgIpc) is 3.24. The summed E-state index contributed by atoms with van der Waals surface area (Å²) in [6, 6.07) is 11.0. The average molecular weight is 326 g/mol. The Labute approximate surface area is 146 Å². The fourth-order valence-corrected chi connectivity index (χ4v) is 5.02. The van der Waals surface area contributed by atoms with Gasteiger partial charge < -0.3 is 5.11 Å². The van der Waals surface area contributed by atoms with Gasteiger partial charge in [0, 0.05) is 25.7 Å². The van der Waals surface area contributed by atoms with Gasteiger partial charge in [-0.05, 0) is 56.2 Å². The van der Waals surface area contributed by atoms with Crippen molar-refractivity contribution in [3.05, 3.63) is 42.0 Å². The van der Waals surface area contributed by atoms with Crippen molar-refractivity contribution in [2.24, 2.45) is 11.8 Å². The minimum Gasteiger partial charge on any atom is -0.391 e. The SMILES string of the molecule is O[C@@H]1C[C@H]2CN(C/C=C/c3ccccc3)C[C@H]2C[C@H]1N1CCCC1. The van der Waals surface area contributed by atoms with Gasteiger partial charge in [-0.15, -0.1) is 0 Å². The number of likely N-dealkylation sites (tertiary alicyclic amines) is 2. The molecule has 0 amide bonds. The third-order valence-electron chi connectivity index (χ3n) is 6.27. The van der Waals surface area contributed by atoms with Gasteiger partial charge in [-0.3, -0.25) is 9.80 Å². The Hall–Kier alpha value is -1.16. The zero-order valence-electron chi connectivity index (χ0n) is 14.6. The number of nitrogens with zero attached hydrogens (tertiary/aromatic N) is 2. The fourth-order valence-electron chi connectivity index (χ4n) is 5.02. The van der Waals surface area contributed by atoms with E-state index in [-0.39, 0.29) is 6.10 Å². The molecular formula is C21H30N2O. The van der Waals surface area contributed by atoms with Crippen molar-refractivity contribution in [2.75, 3.05) is 32.7 Å². The summed E-state index contributed by atoms with van der Waals surface area (Å²) in [6.45, 7) is 5.80. The number of aliphatic hydroxyl groups excluding tert-OH is 1. The highest BCUT2D eigenvalue weighted by Gasteiger charge is 2.43. The Balaban J connectivity index is 1.31. The van der Waals surface area contributed by atoms with Crippen molar-refractivity contribution in [1.82, 2.24) is 9.80 Å². The molecule has 4 rings (SSSR count). The van der Waals surface area contributed by atoms with Crippen LogP contribution in [0.5, 0.6) is 0 Å². The van der Waals surface area contributed by atoms with E-state index in [1.54, 1.807) is 0 Å². The first kappa shape index (κ1) is 16.3. The van der Waals surface area contributed by atoms with Crippen LogP contribution in [-0.2, 0) is 0 Å². The molecule has 1 aromatic carbocycles. The van der Waals surface area contributed by atoms with Gasteiger partial charge in [0.05, 0.1) is 6.10 Å². The van der Waals surface area contributed by atoms with E-state index in [0.29, 0.717) is 12.0 Å². The van der Waals surface area contributed by atoms with Crippen LogP contribution < -0.4 is 0 Å². The van der Waals surface area contributed by atoms with Crippen LogP contribution in [0.3, 0.4) is 0 Å². The molecule has 0 bridgehead atoms. The Morgan fingerprint density at radius 3 is 2.46 bits per heavy atom. The summed E-state index contributed by atoms with van der Waals surface area (Å²) in [4.78, 5) is 5.13. The molecule has 4 atom stereocenters. The quantitative estimate of drug-likeness (QED) is 0.922. The summed E-state index contributed by atoms with van der Waals surface area (Å²) in [5.74, 6) is 1.48. The Bertz CT molecular complexity index is 552. The van der Waals surface area contributed by atoms with E-state index in [1.165, 1.54) is 44.5 Å². The van der Waals surface area contributed by atoms with E-state index in [2.05, 4.69) is 52.3 Å². The minimum atomic E-state index is -0.107. The van der Waals surface area contributed by atoms with E-state index in [9.17, 15) is 5.11 Å². The second-order valence-corrected chi connectivity index (χ2v) is 7.90. The standard InChI is InChI=1S/C21H30N2O/c24-21-14-19-16-22(10-6-9-17-7-2-1-3-8-17)15-18(19)13-20(21)23-11-4-5-12-23/h1-3,6-9,18-21,24H,4-5,10-16H2/b9-6+/t18-,19+,20-,21-/m1/s1. The Morgan fingerprint density at radius 1 is 1.00 bits per heavy atom. The molecule has 2 aliphatic heterocycles. The molecule has 0 spiro atoms. The molecule has 3 nitrogen and oxygen atoms in total. The molecule has 1 aromatic rings. The molecule has 2 saturated heterocycles. The van der Waals surface area contributed by atoms with Gasteiger partial charge in [0.2, 0.25) is 0 Å². The number of rotatable bonds is 4. The van der Waals surface area contributed by atoms with Gasteiger partial charge >= 0.3 is 0 Å². The van der Waals surface area contributed by atoms with Crippen molar-refractivity contribution in [3.63, 3.8) is 0 Å². The largest absolute Gasteiger partial charge is 0.391 e. The zero-order chi connectivity index (χ0) is 16.4. The van der Waals surface area contributed by atoms with Crippen LogP contribution in [0.4, 0.5) is 0 Å². The molecule has 1 N–H and O–H groups in total. The number of aliphatic hydroxyl groups is 1. The molecule has 3 heteroatoms. The summed E-state index contributed by atoms with van der Waals surface area (Å²) in [5.41, 5.74) is 1.28. The number of fused-ring (bicyclic) bond motifs is 1. The van der Waals surface area contributed by atoms with Crippen LogP contribution in [0, 0.1) is 11.8 Å². The number of hydrogen-bond donors (Lipinski definition) is 1. The molecule has 130 valence electrons. The molecule has 1 saturated carbocycles. The van der Waals surface area contributed by atoms with Crippen molar-refractivity contribution in [1.29, 1.82) is 0 Å². The van der Waals surface area contributed by atoms with E-state index in [4.69, 9.17) is 0 Å². The molecule has 3 aliphatic rings. The van der Waals surface area contributed by atoms with Crippen LogP contribution in [-0.4, -0.2) is 59.8 Å². The van der Waals surface area contributed by atoms with Crippen molar-refractivity contribution in [3.8, 4) is 0 Å². The molecule has 0 aromatic heterocycles. The van der Waals surface area contributed by atoms with Gasteiger partial charge in [-0.2, -0.15) is 0 Å². The highest BCUT2D eigenvalue weighted by Crippen LogP contribution is 2.38. The van der Waals surface area contributed by atoms with E-state index < -0.39 is 0 Å². The monoisotopic (exact) mass is 326 g/mol. The van der Waals surface area contributed by atoms with Crippen LogP contribution >= 0.6 is 0 Å². The molecular weight excluding hydrogens is 296 g/mol. The maximum atomic E-state index is 10.6. The number of benzene rings is 1. The van der Waals surface area contributed by atoms with Crippen molar-refractivity contribution < 1.29 is 5.11 Å². The predicted octanol–water partition coefficient (Wildman–Crippen LogP) is 2.87. The number of hydrogen-bond acceptors (Lipinski definition) is 3. The van der Waals surface area contributed by atoms with Gasteiger partial charge in [-0.25, -0.2) is 0 Å². The lowest BCUT2D eigenvalue weighted by atomic mass is 9.77. The van der Waals surface area contributed by atoms with Crippen LogP contribution in [0.25, 0.3) is 6.08 Å². The van der Waals surface area contributed by atoms with Crippen LogP contribution in [0.2, 0.25) is 0 Å². The lowest BCUT2D eigenvalue weighted by Crippen LogP contribution is -2.48. The van der Waals surface area contributed by atoms with Crippen molar-refractivity contribution >= 4 is 6.08 Å². The maximum Gasteiger partial charge on any atom is 0.0698 e. The second kappa shape index (κ2) is 7.38. The van der Waals surface area contributed by atoms with Crippen LogP contribution in [0.1, 0.15) is 31.2 Å². The first-order chi connectivity index (χ1) is 11.8. The van der Waals surface area contributed by atoms with Gasteiger partial charge in [0.1, 0.15) is 0 Å². The van der Waals surface area contributed by atoms with Gasteiger partial charge in [0.15, 0.2) is 0 Å². The fraction of sp³-hybridized carbons (Fsp3) is 0.619. The maximum absolute atomic E-state index is 10.6. The van der Waals surface area contributed by atoms with E-state index in [0.717, 1.165) is 25.4 Å². The van der Waals surface area contributed by atoms with E-state index >= 15 is 0 Å². The Kier molecular flexibility index (Phi) is 5.02.